The Balaban J connectivity index is 2.58. The Morgan fingerprint density at radius 2 is 2.11 bits per heavy atom. The molecule has 0 aliphatic rings. The molecule has 0 aliphatic heterocycles. The minimum atomic E-state index is -0.262. The minimum Gasteiger partial charge on any atom is -0.453 e. The Kier molecular flexibility index (Phi) is 6.05. The predicted octanol–water partition coefficient (Wildman–Crippen LogP) is 1.95. The van der Waals surface area contributed by atoms with Crippen molar-refractivity contribution in [2.24, 2.45) is 5.41 Å². The number of ether oxygens (including phenoxy) is 1. The van der Waals surface area contributed by atoms with Crippen LogP contribution in [0.3, 0.4) is 0 Å². The molecule has 0 radical (unpaired) electrons. The van der Waals surface area contributed by atoms with Gasteiger partial charge in [-0.05, 0) is 25.0 Å². The topological polar surface area (TPSA) is 71.7 Å². The number of hydrogen-bond acceptors (Lipinski definition) is 4. The lowest BCUT2D eigenvalue weighted by molar-refractivity contribution is 0.0821. The fourth-order valence-corrected chi connectivity index (χ4v) is 1.85. The summed E-state index contributed by atoms with van der Waals surface area (Å²) >= 11 is 0. The fourth-order valence-electron chi connectivity index (χ4n) is 1.85. The van der Waals surface area contributed by atoms with E-state index in [-0.39, 0.29) is 23.7 Å². The first-order valence-electron chi connectivity index (χ1n) is 6.57. The van der Waals surface area contributed by atoms with Gasteiger partial charge in [-0.2, -0.15) is 0 Å². The van der Waals surface area contributed by atoms with Crippen LogP contribution >= 0.6 is 0 Å². The highest BCUT2D eigenvalue weighted by Gasteiger charge is 2.26. The fraction of sp³-hybridized carbons (Fsp3) is 0.643. The van der Waals surface area contributed by atoms with E-state index >= 15 is 0 Å². The van der Waals surface area contributed by atoms with Crippen LogP contribution in [0.25, 0.3) is 0 Å². The largest absolute Gasteiger partial charge is 0.453 e. The second-order valence-electron chi connectivity index (χ2n) is 4.75. The molecular weight excluding hydrogens is 246 g/mol. The van der Waals surface area contributed by atoms with E-state index in [2.05, 4.69) is 5.32 Å². The first-order chi connectivity index (χ1) is 9.10. The molecule has 0 spiro atoms. The van der Waals surface area contributed by atoms with Crippen molar-refractivity contribution in [1.29, 1.82) is 0 Å². The van der Waals surface area contributed by atoms with Crippen molar-refractivity contribution in [3.8, 4) is 0 Å². The van der Waals surface area contributed by atoms with Crippen LogP contribution in [0.15, 0.2) is 16.5 Å². The number of nitrogens with one attached hydrogen (secondary N) is 1. The SMILES string of the molecule is CCC(CC)(CO)CNC(=O)c1ccc(COC)o1. The van der Waals surface area contributed by atoms with Gasteiger partial charge in [-0.25, -0.2) is 0 Å². The molecule has 108 valence electrons. The maximum atomic E-state index is 11.9. The zero-order valence-electron chi connectivity index (χ0n) is 11.9. The molecule has 0 aromatic carbocycles. The standard InChI is InChI=1S/C14H23NO4/c1-4-14(5-2,10-16)9-15-13(17)12-7-6-11(19-12)8-18-3/h6-7,16H,4-5,8-10H2,1-3H3,(H,15,17). The van der Waals surface area contributed by atoms with Crippen molar-refractivity contribution in [2.45, 2.75) is 33.3 Å². The van der Waals surface area contributed by atoms with Gasteiger partial charge in [0, 0.05) is 19.1 Å². The summed E-state index contributed by atoms with van der Waals surface area (Å²) in [4.78, 5) is 11.9. The Labute approximate surface area is 113 Å². The summed E-state index contributed by atoms with van der Waals surface area (Å²) < 4.78 is 10.3. The Bertz CT molecular complexity index is 388. The van der Waals surface area contributed by atoms with Gasteiger partial charge in [-0.1, -0.05) is 13.8 Å². The van der Waals surface area contributed by atoms with Crippen LogP contribution in [0.5, 0.6) is 0 Å². The number of aliphatic hydroxyl groups excluding tert-OH is 1. The van der Waals surface area contributed by atoms with E-state index in [0.717, 1.165) is 12.8 Å². The summed E-state index contributed by atoms with van der Waals surface area (Å²) in [5, 5.41) is 12.3. The van der Waals surface area contributed by atoms with E-state index in [1.165, 1.54) is 0 Å². The van der Waals surface area contributed by atoms with Crippen molar-refractivity contribution in [3.63, 3.8) is 0 Å². The molecule has 0 saturated heterocycles. The maximum Gasteiger partial charge on any atom is 0.287 e. The molecule has 5 heteroatoms. The second kappa shape index (κ2) is 7.31. The molecule has 2 N–H and O–H groups in total. The first kappa shape index (κ1) is 15.7. The number of methoxy groups -OCH3 is 1. The predicted molar refractivity (Wildman–Crippen MR) is 71.9 cm³/mol. The quantitative estimate of drug-likeness (QED) is 0.756. The van der Waals surface area contributed by atoms with Crippen LogP contribution in [0, 0.1) is 5.41 Å². The van der Waals surface area contributed by atoms with Crippen LogP contribution in [0.4, 0.5) is 0 Å². The summed E-state index contributed by atoms with van der Waals surface area (Å²) in [6, 6.07) is 3.35. The van der Waals surface area contributed by atoms with E-state index in [0.29, 0.717) is 18.9 Å². The van der Waals surface area contributed by atoms with Gasteiger partial charge in [0.1, 0.15) is 12.4 Å². The number of carbonyl (C=O) groups excluding carboxylic acids is 1. The first-order valence-corrected chi connectivity index (χ1v) is 6.57. The summed E-state index contributed by atoms with van der Waals surface area (Å²) in [5.41, 5.74) is -0.252. The van der Waals surface area contributed by atoms with Gasteiger partial charge in [0.25, 0.3) is 5.91 Å². The number of amides is 1. The highest BCUT2D eigenvalue weighted by Crippen LogP contribution is 2.24. The molecule has 0 atom stereocenters. The second-order valence-corrected chi connectivity index (χ2v) is 4.75. The van der Waals surface area contributed by atoms with E-state index in [9.17, 15) is 9.90 Å². The lowest BCUT2D eigenvalue weighted by Crippen LogP contribution is -2.39. The average Bonchev–Trinajstić information content (AvgIpc) is 2.90. The van der Waals surface area contributed by atoms with Gasteiger partial charge in [0.05, 0.1) is 6.61 Å². The van der Waals surface area contributed by atoms with Gasteiger partial charge in [0.15, 0.2) is 5.76 Å². The Hall–Kier alpha value is -1.33. The van der Waals surface area contributed by atoms with Crippen LogP contribution in [0.2, 0.25) is 0 Å². The van der Waals surface area contributed by atoms with E-state index in [1.807, 2.05) is 13.8 Å². The van der Waals surface area contributed by atoms with Crippen LogP contribution in [0.1, 0.15) is 43.0 Å². The smallest absolute Gasteiger partial charge is 0.287 e. The number of rotatable bonds is 8. The third-order valence-corrected chi connectivity index (χ3v) is 3.63. The van der Waals surface area contributed by atoms with E-state index in [4.69, 9.17) is 9.15 Å². The Morgan fingerprint density at radius 1 is 1.42 bits per heavy atom. The lowest BCUT2D eigenvalue weighted by Gasteiger charge is -2.29. The van der Waals surface area contributed by atoms with Crippen molar-refractivity contribution in [1.82, 2.24) is 5.32 Å². The van der Waals surface area contributed by atoms with Crippen molar-refractivity contribution in [3.05, 3.63) is 23.7 Å². The molecule has 0 aliphatic carbocycles. The van der Waals surface area contributed by atoms with Crippen molar-refractivity contribution in [2.75, 3.05) is 20.3 Å². The monoisotopic (exact) mass is 269 g/mol. The molecule has 0 bridgehead atoms. The average molecular weight is 269 g/mol. The highest BCUT2D eigenvalue weighted by molar-refractivity contribution is 5.91. The molecule has 19 heavy (non-hydrogen) atoms. The number of hydrogen-bond donors (Lipinski definition) is 2. The minimum absolute atomic E-state index is 0.0629. The molecule has 5 nitrogen and oxygen atoms in total. The zero-order valence-corrected chi connectivity index (χ0v) is 11.9. The summed E-state index contributed by atoms with van der Waals surface area (Å²) in [6.45, 7) is 4.87. The highest BCUT2D eigenvalue weighted by atomic mass is 16.5. The molecule has 0 fully saturated rings. The molecule has 1 amide bonds. The van der Waals surface area contributed by atoms with Crippen LogP contribution in [-0.2, 0) is 11.3 Å². The van der Waals surface area contributed by atoms with Gasteiger partial charge in [-0.3, -0.25) is 4.79 Å². The van der Waals surface area contributed by atoms with Gasteiger partial charge >= 0.3 is 0 Å². The normalized spacial score (nSPS) is 11.6. The third-order valence-electron chi connectivity index (χ3n) is 3.63. The summed E-state index contributed by atoms with van der Waals surface area (Å²) in [6.07, 6.45) is 1.63. The van der Waals surface area contributed by atoms with E-state index < -0.39 is 0 Å². The van der Waals surface area contributed by atoms with Crippen molar-refractivity contribution >= 4 is 5.91 Å². The van der Waals surface area contributed by atoms with Gasteiger partial charge < -0.3 is 19.6 Å². The van der Waals surface area contributed by atoms with Crippen LogP contribution in [-0.4, -0.2) is 31.3 Å². The zero-order chi connectivity index (χ0) is 14.3. The molecular formula is C14H23NO4. The molecule has 1 aromatic heterocycles. The number of carbonyl (C=O) groups is 1. The number of aliphatic hydroxyl groups is 1. The molecule has 1 heterocycles. The van der Waals surface area contributed by atoms with Crippen LogP contribution < -0.4 is 5.32 Å². The molecule has 1 rings (SSSR count). The van der Waals surface area contributed by atoms with Gasteiger partial charge in [-0.15, -0.1) is 0 Å². The number of furan rings is 1. The molecule has 0 unspecified atom stereocenters. The molecule has 1 aromatic rings. The van der Waals surface area contributed by atoms with Crippen molar-refractivity contribution < 1.29 is 19.1 Å². The van der Waals surface area contributed by atoms with E-state index in [1.54, 1.807) is 19.2 Å². The molecule has 0 saturated carbocycles. The maximum absolute atomic E-state index is 11.9. The third kappa shape index (κ3) is 4.08. The lowest BCUT2D eigenvalue weighted by atomic mass is 9.83. The summed E-state index contributed by atoms with van der Waals surface area (Å²) in [5.74, 6) is 0.625. The van der Waals surface area contributed by atoms with Gasteiger partial charge in [0.2, 0.25) is 0 Å². The Morgan fingerprint density at radius 3 is 2.63 bits per heavy atom. The summed E-state index contributed by atoms with van der Waals surface area (Å²) in [7, 11) is 1.57.